The third kappa shape index (κ3) is 6.27. The van der Waals surface area contributed by atoms with E-state index in [-0.39, 0.29) is 0 Å². The van der Waals surface area contributed by atoms with E-state index in [1.54, 1.807) is 0 Å². The molecule has 38 heavy (non-hydrogen) atoms. The first-order valence-corrected chi connectivity index (χ1v) is 23.3. The molecule has 0 saturated heterocycles. The molecule has 0 spiro atoms. The van der Waals surface area contributed by atoms with Crippen molar-refractivity contribution in [2.45, 2.75) is 117 Å². The first kappa shape index (κ1) is 29.8. The van der Waals surface area contributed by atoms with Crippen molar-refractivity contribution in [3.05, 3.63) is 70.1 Å². The molecule has 4 aliphatic carbocycles. The molecule has 0 fully saturated rings. The molecule has 6 unspecified atom stereocenters. The summed E-state index contributed by atoms with van der Waals surface area (Å²) in [5.74, 6) is 4.41. The van der Waals surface area contributed by atoms with Crippen molar-refractivity contribution in [3.63, 3.8) is 0 Å². The predicted octanol–water partition coefficient (Wildman–Crippen LogP) is 11.3. The van der Waals surface area contributed by atoms with Gasteiger partial charge < -0.3 is 0 Å². The van der Waals surface area contributed by atoms with E-state index in [1.807, 2.05) is 21.5 Å². The molecule has 0 aromatic heterocycles. The second-order valence-corrected chi connectivity index (χ2v) is 24.9. The SMILES string of the molecule is CCCCC1=C([Si](C)(C)C)C2C=CC=CC1C2CCCCC1C2C=CC=CC1C([Si](C)(C)C)=C2CCCC. The van der Waals surface area contributed by atoms with Gasteiger partial charge in [-0.1, -0.05) is 149 Å². The Morgan fingerprint density at radius 3 is 1.16 bits per heavy atom. The van der Waals surface area contributed by atoms with Crippen LogP contribution in [0, 0.1) is 35.5 Å². The van der Waals surface area contributed by atoms with Crippen LogP contribution < -0.4 is 0 Å². The summed E-state index contributed by atoms with van der Waals surface area (Å²) in [6.45, 7) is 20.3. The second-order valence-electron chi connectivity index (χ2n) is 14.8. The van der Waals surface area contributed by atoms with Crippen LogP contribution in [-0.2, 0) is 0 Å². The largest absolute Gasteiger partial charge is 0.0774 e. The number of hydrogen-bond donors (Lipinski definition) is 0. The molecular formula is C36H58Si2. The zero-order valence-corrected chi connectivity index (χ0v) is 28.2. The number of hydrogen-bond acceptors (Lipinski definition) is 0. The van der Waals surface area contributed by atoms with Crippen LogP contribution in [0.25, 0.3) is 0 Å². The van der Waals surface area contributed by atoms with E-state index in [2.05, 4.69) is 102 Å². The van der Waals surface area contributed by atoms with E-state index < -0.39 is 16.1 Å². The Hall–Kier alpha value is -1.13. The Bertz CT molecular complexity index is 921. The van der Waals surface area contributed by atoms with E-state index in [1.165, 1.54) is 64.2 Å². The highest BCUT2D eigenvalue weighted by atomic mass is 28.3. The summed E-state index contributed by atoms with van der Waals surface area (Å²) >= 11 is 0. The molecule has 0 nitrogen and oxygen atoms in total. The molecule has 0 radical (unpaired) electrons. The van der Waals surface area contributed by atoms with Crippen molar-refractivity contribution in [2.24, 2.45) is 35.5 Å². The van der Waals surface area contributed by atoms with Crippen molar-refractivity contribution in [1.29, 1.82) is 0 Å². The fraction of sp³-hybridized carbons (Fsp3) is 0.667. The number of rotatable bonds is 13. The first-order chi connectivity index (χ1) is 18.1. The topological polar surface area (TPSA) is 0 Å². The van der Waals surface area contributed by atoms with Crippen LogP contribution in [-0.4, -0.2) is 16.1 Å². The summed E-state index contributed by atoms with van der Waals surface area (Å²) in [6, 6.07) is 0. The molecule has 0 heterocycles. The summed E-state index contributed by atoms with van der Waals surface area (Å²) in [4.78, 5) is 0. The van der Waals surface area contributed by atoms with Gasteiger partial charge in [-0.25, -0.2) is 0 Å². The number of unbranched alkanes of at least 4 members (excludes halogenated alkanes) is 3. The second kappa shape index (κ2) is 12.6. The monoisotopic (exact) mass is 546 g/mol. The normalized spacial score (nSPS) is 30.5. The van der Waals surface area contributed by atoms with Crippen molar-refractivity contribution in [3.8, 4) is 0 Å². The maximum Gasteiger partial charge on any atom is 0.0732 e. The lowest BCUT2D eigenvalue weighted by Gasteiger charge is -2.29. The van der Waals surface area contributed by atoms with Crippen molar-refractivity contribution in [2.75, 3.05) is 0 Å². The Morgan fingerprint density at radius 2 is 0.842 bits per heavy atom. The molecule has 0 aromatic rings. The quantitative estimate of drug-likeness (QED) is 0.159. The van der Waals surface area contributed by atoms with Crippen LogP contribution in [0.2, 0.25) is 39.3 Å². The third-order valence-corrected chi connectivity index (χ3v) is 14.6. The highest BCUT2D eigenvalue weighted by Crippen LogP contribution is 2.53. The predicted molar refractivity (Wildman–Crippen MR) is 176 cm³/mol. The van der Waals surface area contributed by atoms with Gasteiger partial charge in [0.05, 0.1) is 16.1 Å². The van der Waals surface area contributed by atoms with E-state index in [0.717, 1.165) is 11.8 Å². The van der Waals surface area contributed by atoms with Crippen LogP contribution in [0.15, 0.2) is 70.1 Å². The van der Waals surface area contributed by atoms with Crippen molar-refractivity contribution >= 4 is 16.1 Å². The summed E-state index contributed by atoms with van der Waals surface area (Å²) in [6.07, 6.45) is 33.5. The summed E-state index contributed by atoms with van der Waals surface area (Å²) < 4.78 is 0. The molecule has 0 aliphatic heterocycles. The first-order valence-electron chi connectivity index (χ1n) is 16.3. The van der Waals surface area contributed by atoms with Crippen LogP contribution in [0.3, 0.4) is 0 Å². The number of fused-ring (bicyclic) bond motifs is 4. The average Bonchev–Trinajstić information content (AvgIpc) is 3.06. The molecule has 0 N–H and O–H groups in total. The van der Waals surface area contributed by atoms with Crippen LogP contribution in [0.4, 0.5) is 0 Å². The van der Waals surface area contributed by atoms with Gasteiger partial charge >= 0.3 is 0 Å². The molecule has 0 amide bonds. The van der Waals surface area contributed by atoms with Gasteiger partial charge in [-0.2, -0.15) is 0 Å². The van der Waals surface area contributed by atoms with Gasteiger partial charge in [0.25, 0.3) is 0 Å². The minimum atomic E-state index is -1.34. The van der Waals surface area contributed by atoms with E-state index in [4.69, 9.17) is 0 Å². The fourth-order valence-corrected chi connectivity index (χ4v) is 13.8. The Labute approximate surface area is 238 Å². The maximum atomic E-state index is 2.60. The molecule has 6 atom stereocenters. The Balaban J connectivity index is 1.46. The van der Waals surface area contributed by atoms with Gasteiger partial charge in [0.15, 0.2) is 0 Å². The molecule has 4 rings (SSSR count). The van der Waals surface area contributed by atoms with E-state index >= 15 is 0 Å². The van der Waals surface area contributed by atoms with Crippen molar-refractivity contribution in [1.82, 2.24) is 0 Å². The van der Waals surface area contributed by atoms with Gasteiger partial charge in [-0.15, -0.1) is 0 Å². The molecular weight excluding hydrogens is 489 g/mol. The summed E-state index contributed by atoms with van der Waals surface area (Å²) in [5.41, 5.74) is 3.73. The molecule has 0 aromatic carbocycles. The molecule has 210 valence electrons. The lowest BCUT2D eigenvalue weighted by atomic mass is 9.79. The summed E-state index contributed by atoms with van der Waals surface area (Å²) in [7, 11) is -2.69. The maximum absolute atomic E-state index is 2.60. The smallest absolute Gasteiger partial charge is 0.0732 e. The zero-order valence-electron chi connectivity index (χ0n) is 26.2. The lowest BCUT2D eigenvalue weighted by Crippen LogP contribution is -2.29. The third-order valence-electron chi connectivity index (χ3n) is 10.0. The lowest BCUT2D eigenvalue weighted by molar-refractivity contribution is 0.331. The minimum absolute atomic E-state index is 0.698. The number of allylic oxidation sites excluding steroid dienone is 12. The molecule has 4 aliphatic rings. The van der Waals surface area contributed by atoms with Crippen LogP contribution in [0.5, 0.6) is 0 Å². The highest BCUT2D eigenvalue weighted by molar-refractivity contribution is 6.83. The molecule has 0 saturated carbocycles. The Morgan fingerprint density at radius 1 is 0.500 bits per heavy atom. The standard InChI is InChI=1S/C36H58Si2/c1-9-11-19-31-27-23-15-17-25-33(35(31)37(3,4)5)29(27)21-13-14-22-30-28-24-16-18-26-34(30)36(38(6,7)8)32(28)20-12-10-2/h15-18,23-30,33-34H,9-14,19-22H2,1-8H3. The van der Waals surface area contributed by atoms with Gasteiger partial charge in [0.1, 0.15) is 0 Å². The van der Waals surface area contributed by atoms with Gasteiger partial charge in [-0.05, 0) is 62.2 Å². The van der Waals surface area contributed by atoms with Crippen LogP contribution >= 0.6 is 0 Å². The van der Waals surface area contributed by atoms with E-state index in [9.17, 15) is 0 Å². The van der Waals surface area contributed by atoms with Gasteiger partial charge in [0, 0.05) is 11.8 Å². The fourth-order valence-electron chi connectivity index (χ4n) is 8.69. The summed E-state index contributed by atoms with van der Waals surface area (Å²) in [5, 5.41) is 3.84. The molecule has 2 heteroatoms. The van der Waals surface area contributed by atoms with Crippen molar-refractivity contribution < 1.29 is 0 Å². The van der Waals surface area contributed by atoms with Crippen LogP contribution in [0.1, 0.15) is 78.1 Å². The van der Waals surface area contributed by atoms with Gasteiger partial charge in [0.2, 0.25) is 0 Å². The average molecular weight is 547 g/mol. The van der Waals surface area contributed by atoms with E-state index in [0.29, 0.717) is 23.7 Å². The minimum Gasteiger partial charge on any atom is -0.0774 e. The van der Waals surface area contributed by atoms with Gasteiger partial charge in [-0.3, -0.25) is 0 Å². The zero-order chi connectivity index (χ0) is 27.5. The highest BCUT2D eigenvalue weighted by Gasteiger charge is 2.45. The Kier molecular flexibility index (Phi) is 9.89. The molecule has 4 bridgehead atoms.